The van der Waals surface area contributed by atoms with Gasteiger partial charge in [0.1, 0.15) is 12.7 Å². The average Bonchev–Trinajstić information content (AvgIpc) is 2.83. The van der Waals surface area contributed by atoms with Crippen LogP contribution in [0.25, 0.3) is 0 Å². The Kier molecular flexibility index (Phi) is 2.60. The maximum atomic E-state index is 12.0. The van der Waals surface area contributed by atoms with Crippen LogP contribution in [0.3, 0.4) is 0 Å². The molecule has 0 saturated heterocycles. The molecular weight excluding hydrogens is 248 g/mol. The van der Waals surface area contributed by atoms with E-state index in [0.29, 0.717) is 4.09 Å². The molecule has 0 aliphatic carbocycles. The Morgan fingerprint density at radius 1 is 1.29 bits per heavy atom. The lowest BCUT2D eigenvalue weighted by Gasteiger charge is -2.03. The molecule has 17 heavy (non-hydrogen) atoms. The highest BCUT2D eigenvalue weighted by atomic mass is 32.2. The van der Waals surface area contributed by atoms with Crippen molar-refractivity contribution >= 4 is 15.7 Å². The number of nitro groups is 1. The van der Waals surface area contributed by atoms with Crippen LogP contribution in [0.15, 0.2) is 41.8 Å². The van der Waals surface area contributed by atoms with Crippen LogP contribution < -0.4 is 0 Å². The fourth-order valence-corrected chi connectivity index (χ4v) is 2.45. The van der Waals surface area contributed by atoms with E-state index >= 15 is 0 Å². The SMILES string of the molecule is O=[N+]([O-])c1ccccc1S(=O)(=O)n1cncn1. The molecule has 0 saturated carbocycles. The molecule has 1 heterocycles. The molecule has 88 valence electrons. The lowest BCUT2D eigenvalue weighted by Crippen LogP contribution is -2.15. The zero-order valence-corrected chi connectivity index (χ0v) is 9.11. The van der Waals surface area contributed by atoms with E-state index in [1.165, 1.54) is 12.1 Å². The molecule has 0 spiro atoms. The molecule has 0 fully saturated rings. The number of rotatable bonds is 3. The maximum absolute atomic E-state index is 12.0. The highest BCUT2D eigenvalue weighted by Crippen LogP contribution is 2.24. The van der Waals surface area contributed by atoms with E-state index < -0.39 is 25.5 Å². The van der Waals surface area contributed by atoms with Crippen molar-refractivity contribution in [2.75, 3.05) is 0 Å². The van der Waals surface area contributed by atoms with E-state index in [2.05, 4.69) is 10.1 Å². The van der Waals surface area contributed by atoms with Gasteiger partial charge < -0.3 is 0 Å². The first-order chi connectivity index (χ1) is 8.03. The fourth-order valence-electron chi connectivity index (χ4n) is 1.25. The quantitative estimate of drug-likeness (QED) is 0.580. The second-order valence-electron chi connectivity index (χ2n) is 3.00. The van der Waals surface area contributed by atoms with Gasteiger partial charge in [-0.1, -0.05) is 12.1 Å². The van der Waals surface area contributed by atoms with Crippen LogP contribution in [0, 0.1) is 10.1 Å². The molecule has 8 nitrogen and oxygen atoms in total. The van der Waals surface area contributed by atoms with Gasteiger partial charge in [-0.25, -0.2) is 4.98 Å². The third-order valence-corrected chi connectivity index (χ3v) is 3.57. The number of benzene rings is 1. The standard InChI is InChI=1S/C8H6N4O4S/c13-12(14)7-3-1-2-4-8(7)17(15,16)11-6-9-5-10-11/h1-6H. The molecule has 2 aromatic rings. The largest absolute Gasteiger partial charge is 0.291 e. The summed E-state index contributed by atoms with van der Waals surface area (Å²) in [7, 11) is -4.07. The Morgan fingerprint density at radius 2 is 2.00 bits per heavy atom. The second kappa shape index (κ2) is 3.94. The fraction of sp³-hybridized carbons (Fsp3) is 0. The second-order valence-corrected chi connectivity index (χ2v) is 4.76. The van der Waals surface area contributed by atoms with E-state index in [1.807, 2.05) is 0 Å². The summed E-state index contributed by atoms with van der Waals surface area (Å²) in [4.78, 5) is 13.0. The summed E-state index contributed by atoms with van der Waals surface area (Å²) < 4.78 is 24.5. The van der Waals surface area contributed by atoms with Crippen molar-refractivity contribution in [3.8, 4) is 0 Å². The van der Waals surface area contributed by atoms with E-state index in [4.69, 9.17) is 0 Å². The Bertz CT molecular complexity index is 650. The average molecular weight is 254 g/mol. The van der Waals surface area contributed by atoms with Gasteiger partial charge in [0, 0.05) is 6.07 Å². The van der Waals surface area contributed by atoms with Gasteiger partial charge in [-0.15, -0.1) is 9.19 Å². The molecule has 2 rings (SSSR count). The number of aromatic nitrogens is 3. The highest BCUT2D eigenvalue weighted by molar-refractivity contribution is 7.90. The van der Waals surface area contributed by atoms with E-state index in [1.54, 1.807) is 0 Å². The molecule has 0 amide bonds. The van der Waals surface area contributed by atoms with Crippen LogP contribution in [0.1, 0.15) is 0 Å². The number of nitrogens with zero attached hydrogens (tertiary/aromatic N) is 4. The molecule has 1 aromatic heterocycles. The summed E-state index contributed by atoms with van der Waals surface area (Å²) >= 11 is 0. The molecule has 9 heteroatoms. The van der Waals surface area contributed by atoms with Crippen molar-refractivity contribution in [3.05, 3.63) is 47.0 Å². The van der Waals surface area contributed by atoms with E-state index in [-0.39, 0.29) is 0 Å². The van der Waals surface area contributed by atoms with Crippen molar-refractivity contribution in [2.45, 2.75) is 4.90 Å². The molecule has 0 unspecified atom stereocenters. The smallest absolute Gasteiger partial charge is 0.258 e. The van der Waals surface area contributed by atoms with Crippen LogP contribution in [-0.2, 0) is 10.0 Å². The van der Waals surface area contributed by atoms with Crippen LogP contribution in [0.5, 0.6) is 0 Å². The van der Waals surface area contributed by atoms with Gasteiger partial charge in [-0.05, 0) is 6.07 Å². The van der Waals surface area contributed by atoms with Crippen LogP contribution >= 0.6 is 0 Å². The molecule has 0 N–H and O–H groups in total. The van der Waals surface area contributed by atoms with Gasteiger partial charge in [0.15, 0.2) is 4.90 Å². The van der Waals surface area contributed by atoms with Crippen LogP contribution in [0.4, 0.5) is 5.69 Å². The van der Waals surface area contributed by atoms with Gasteiger partial charge in [0.2, 0.25) is 0 Å². The molecule has 1 aromatic carbocycles. The number of para-hydroxylation sites is 1. The monoisotopic (exact) mass is 254 g/mol. The molecule has 0 radical (unpaired) electrons. The Hall–Kier alpha value is -2.29. The van der Waals surface area contributed by atoms with Crippen LogP contribution in [0.2, 0.25) is 0 Å². The first kappa shape index (κ1) is 11.2. The molecule has 0 aliphatic heterocycles. The van der Waals surface area contributed by atoms with Crippen molar-refractivity contribution in [1.29, 1.82) is 0 Å². The van der Waals surface area contributed by atoms with Crippen molar-refractivity contribution in [2.24, 2.45) is 0 Å². The first-order valence-corrected chi connectivity index (χ1v) is 5.81. The van der Waals surface area contributed by atoms with Gasteiger partial charge in [0.05, 0.1) is 4.92 Å². The minimum absolute atomic E-state index is 0.421. The first-order valence-electron chi connectivity index (χ1n) is 4.37. The molecular formula is C8H6N4O4S. The number of hydrogen-bond donors (Lipinski definition) is 0. The minimum atomic E-state index is -4.07. The summed E-state index contributed by atoms with van der Waals surface area (Å²) in [5, 5.41) is 14.2. The number of hydrogen-bond acceptors (Lipinski definition) is 6. The molecule has 0 aliphatic rings. The topological polar surface area (TPSA) is 108 Å². The minimum Gasteiger partial charge on any atom is -0.258 e. The van der Waals surface area contributed by atoms with Crippen molar-refractivity contribution in [1.82, 2.24) is 14.2 Å². The summed E-state index contributed by atoms with van der Waals surface area (Å²) in [6, 6.07) is 5.05. The van der Waals surface area contributed by atoms with Crippen molar-refractivity contribution in [3.63, 3.8) is 0 Å². The van der Waals surface area contributed by atoms with Gasteiger partial charge in [0.25, 0.3) is 15.7 Å². The maximum Gasteiger partial charge on any atom is 0.291 e. The van der Waals surface area contributed by atoms with E-state index in [9.17, 15) is 18.5 Å². The predicted octanol–water partition coefficient (Wildman–Crippen LogP) is 0.423. The normalized spacial score (nSPS) is 11.3. The summed E-state index contributed by atoms with van der Waals surface area (Å²) in [6.45, 7) is 0. The summed E-state index contributed by atoms with van der Waals surface area (Å²) in [6.07, 6.45) is 2.00. The third-order valence-electron chi connectivity index (χ3n) is 1.98. The molecule has 0 atom stereocenters. The van der Waals surface area contributed by atoms with Gasteiger partial charge in [-0.3, -0.25) is 10.1 Å². The predicted molar refractivity (Wildman–Crippen MR) is 55.7 cm³/mol. The van der Waals surface area contributed by atoms with Gasteiger partial charge >= 0.3 is 0 Å². The Balaban J connectivity index is 2.67. The Morgan fingerprint density at radius 3 is 2.59 bits per heavy atom. The third kappa shape index (κ3) is 1.87. The number of nitro benzene ring substituents is 1. The zero-order valence-electron chi connectivity index (χ0n) is 8.29. The highest BCUT2D eigenvalue weighted by Gasteiger charge is 2.27. The van der Waals surface area contributed by atoms with Crippen molar-refractivity contribution < 1.29 is 13.3 Å². The zero-order chi connectivity index (χ0) is 12.5. The summed E-state index contributed by atoms with van der Waals surface area (Å²) in [5.41, 5.74) is -0.497. The van der Waals surface area contributed by atoms with E-state index in [0.717, 1.165) is 24.8 Å². The Labute approximate surface area is 95.7 Å². The van der Waals surface area contributed by atoms with Gasteiger partial charge in [-0.2, -0.15) is 8.42 Å². The lowest BCUT2D eigenvalue weighted by molar-refractivity contribution is -0.387. The van der Waals surface area contributed by atoms with Crippen LogP contribution in [-0.4, -0.2) is 27.5 Å². The summed E-state index contributed by atoms with van der Waals surface area (Å²) in [5.74, 6) is 0. The lowest BCUT2D eigenvalue weighted by atomic mass is 10.3. The molecule has 0 bridgehead atoms.